The van der Waals surface area contributed by atoms with Crippen molar-refractivity contribution >= 4 is 15.9 Å². The van der Waals surface area contributed by atoms with E-state index in [2.05, 4.69) is 21.0 Å². The molecule has 0 bridgehead atoms. The molecule has 84 valence electrons. The quantitative estimate of drug-likeness (QED) is 0.862. The van der Waals surface area contributed by atoms with Gasteiger partial charge in [0.1, 0.15) is 17.3 Å². The fourth-order valence-corrected chi connectivity index (χ4v) is 1.58. The molecule has 0 aliphatic heterocycles. The van der Waals surface area contributed by atoms with E-state index in [1.807, 2.05) is 0 Å². The topological polar surface area (TPSA) is 38.0 Å². The van der Waals surface area contributed by atoms with E-state index in [0.717, 1.165) is 12.1 Å². The smallest absolute Gasteiger partial charge is 0.150 e. The fourth-order valence-electron chi connectivity index (χ4n) is 1.27. The van der Waals surface area contributed by atoms with E-state index < -0.39 is 11.6 Å². The predicted octanol–water partition coefficient (Wildman–Crippen LogP) is 2.41. The van der Waals surface area contributed by atoms with Gasteiger partial charge in [-0.15, -0.1) is 0 Å². The van der Waals surface area contributed by atoms with Gasteiger partial charge < -0.3 is 5.11 Å². The van der Waals surface area contributed by atoms with Crippen LogP contribution < -0.4 is 0 Å². The second-order valence-electron chi connectivity index (χ2n) is 3.13. The zero-order chi connectivity index (χ0) is 11.7. The number of aliphatic hydroxyl groups is 1. The minimum Gasteiger partial charge on any atom is -0.390 e. The lowest BCUT2D eigenvalue weighted by atomic mass is 10.3. The first kappa shape index (κ1) is 11.2. The van der Waals surface area contributed by atoms with Crippen LogP contribution in [-0.4, -0.2) is 14.9 Å². The lowest BCUT2D eigenvalue weighted by Crippen LogP contribution is -2.00. The monoisotopic (exact) mass is 288 g/mol. The summed E-state index contributed by atoms with van der Waals surface area (Å²) in [5, 5.41) is 12.7. The van der Waals surface area contributed by atoms with Gasteiger partial charge in [0.15, 0.2) is 0 Å². The molecule has 0 radical (unpaired) electrons. The van der Waals surface area contributed by atoms with E-state index in [0.29, 0.717) is 5.69 Å². The molecule has 1 aromatic carbocycles. The van der Waals surface area contributed by atoms with E-state index in [1.165, 1.54) is 16.9 Å². The third-order valence-corrected chi connectivity index (χ3v) is 2.65. The molecular weight excluding hydrogens is 282 g/mol. The summed E-state index contributed by atoms with van der Waals surface area (Å²) in [6.07, 6.45) is 1.46. The number of benzene rings is 1. The molecule has 1 aromatic heterocycles. The number of aliphatic hydroxyl groups excluding tert-OH is 1. The van der Waals surface area contributed by atoms with Crippen LogP contribution in [-0.2, 0) is 6.61 Å². The Labute approximate surface area is 98.5 Å². The summed E-state index contributed by atoms with van der Waals surface area (Å²) in [6.45, 7) is -0.242. The first-order valence-corrected chi connectivity index (χ1v) is 5.21. The van der Waals surface area contributed by atoms with Gasteiger partial charge in [0, 0.05) is 12.3 Å². The molecule has 0 amide bonds. The Morgan fingerprint density at radius 1 is 1.31 bits per heavy atom. The Morgan fingerprint density at radius 2 is 2.06 bits per heavy atom. The van der Waals surface area contributed by atoms with Crippen LogP contribution in [0.1, 0.15) is 5.69 Å². The van der Waals surface area contributed by atoms with Crippen molar-refractivity contribution in [3.8, 4) is 5.69 Å². The Hall–Kier alpha value is -1.27. The molecule has 3 nitrogen and oxygen atoms in total. The molecule has 0 fully saturated rings. The van der Waals surface area contributed by atoms with Gasteiger partial charge in [0.25, 0.3) is 0 Å². The lowest BCUT2D eigenvalue weighted by molar-refractivity contribution is 0.276. The SMILES string of the molecule is OCc1ccn(-c2cc(F)c(Br)cc2F)n1. The van der Waals surface area contributed by atoms with Crippen LogP contribution in [0.5, 0.6) is 0 Å². The van der Waals surface area contributed by atoms with Gasteiger partial charge in [-0.25, -0.2) is 13.5 Å². The molecule has 0 unspecified atom stereocenters. The van der Waals surface area contributed by atoms with Crippen LogP contribution in [0, 0.1) is 11.6 Å². The summed E-state index contributed by atoms with van der Waals surface area (Å²) < 4.78 is 28.0. The molecule has 1 heterocycles. The molecule has 0 spiro atoms. The zero-order valence-electron chi connectivity index (χ0n) is 7.99. The first-order valence-electron chi connectivity index (χ1n) is 4.42. The van der Waals surface area contributed by atoms with Crippen molar-refractivity contribution in [1.82, 2.24) is 9.78 Å². The number of nitrogens with zero attached hydrogens (tertiary/aromatic N) is 2. The Morgan fingerprint density at radius 3 is 2.69 bits per heavy atom. The highest BCUT2D eigenvalue weighted by Crippen LogP contribution is 2.22. The first-order chi connectivity index (χ1) is 7.61. The molecule has 1 N–H and O–H groups in total. The zero-order valence-corrected chi connectivity index (χ0v) is 9.58. The van der Waals surface area contributed by atoms with Crippen molar-refractivity contribution in [3.63, 3.8) is 0 Å². The van der Waals surface area contributed by atoms with Gasteiger partial charge in [-0.1, -0.05) is 0 Å². The van der Waals surface area contributed by atoms with Crippen molar-refractivity contribution in [3.05, 3.63) is 46.2 Å². The number of halogens is 3. The Kier molecular flexibility index (Phi) is 3.02. The highest BCUT2D eigenvalue weighted by atomic mass is 79.9. The highest BCUT2D eigenvalue weighted by Gasteiger charge is 2.10. The average Bonchev–Trinajstić information content (AvgIpc) is 2.71. The van der Waals surface area contributed by atoms with E-state index in [-0.39, 0.29) is 16.8 Å². The maximum Gasteiger partial charge on any atom is 0.150 e. The Bertz CT molecular complexity index is 528. The van der Waals surface area contributed by atoms with E-state index in [4.69, 9.17) is 5.11 Å². The maximum absolute atomic E-state index is 13.5. The third-order valence-electron chi connectivity index (χ3n) is 2.04. The largest absolute Gasteiger partial charge is 0.390 e. The second-order valence-corrected chi connectivity index (χ2v) is 3.98. The molecule has 0 saturated heterocycles. The highest BCUT2D eigenvalue weighted by molar-refractivity contribution is 9.10. The number of aromatic nitrogens is 2. The second kappa shape index (κ2) is 4.31. The summed E-state index contributed by atoms with van der Waals surface area (Å²) in [5.74, 6) is -1.17. The van der Waals surface area contributed by atoms with Gasteiger partial charge in [0.05, 0.1) is 16.8 Å². The maximum atomic E-state index is 13.5. The minimum atomic E-state index is -0.596. The molecule has 2 aromatic rings. The Balaban J connectivity index is 2.51. The normalized spacial score (nSPS) is 10.8. The van der Waals surface area contributed by atoms with Gasteiger partial charge in [0.2, 0.25) is 0 Å². The van der Waals surface area contributed by atoms with Crippen LogP contribution in [0.3, 0.4) is 0 Å². The van der Waals surface area contributed by atoms with Gasteiger partial charge in [-0.05, 0) is 28.1 Å². The summed E-state index contributed by atoms with van der Waals surface area (Å²) in [4.78, 5) is 0. The molecular formula is C10H7BrF2N2O. The average molecular weight is 289 g/mol. The number of hydrogen-bond donors (Lipinski definition) is 1. The third kappa shape index (κ3) is 1.98. The molecule has 0 aliphatic rings. The van der Waals surface area contributed by atoms with Crippen LogP contribution in [0.2, 0.25) is 0 Å². The number of rotatable bonds is 2. The van der Waals surface area contributed by atoms with E-state index >= 15 is 0 Å². The molecule has 0 atom stereocenters. The summed E-state index contributed by atoms with van der Waals surface area (Å²) in [7, 11) is 0. The van der Waals surface area contributed by atoms with Crippen LogP contribution in [0.25, 0.3) is 5.69 Å². The van der Waals surface area contributed by atoms with Crippen molar-refractivity contribution in [1.29, 1.82) is 0 Å². The molecule has 16 heavy (non-hydrogen) atoms. The summed E-state index contributed by atoms with van der Waals surface area (Å²) in [6, 6.07) is 3.60. The predicted molar refractivity (Wildman–Crippen MR) is 57.1 cm³/mol. The minimum absolute atomic E-state index is 0.000370. The standard InChI is InChI=1S/C10H7BrF2N2O/c11-7-3-9(13)10(4-8(7)12)15-2-1-6(5-16)14-15/h1-4,16H,5H2. The molecule has 0 saturated carbocycles. The van der Waals surface area contributed by atoms with Crippen LogP contribution >= 0.6 is 15.9 Å². The fraction of sp³-hybridized carbons (Fsp3) is 0.100. The van der Waals surface area contributed by atoms with Gasteiger partial charge >= 0.3 is 0 Å². The molecule has 2 rings (SSSR count). The number of hydrogen-bond acceptors (Lipinski definition) is 2. The van der Waals surface area contributed by atoms with Crippen molar-refractivity contribution in [2.75, 3.05) is 0 Å². The molecule has 0 aliphatic carbocycles. The van der Waals surface area contributed by atoms with E-state index in [1.54, 1.807) is 0 Å². The van der Waals surface area contributed by atoms with Crippen molar-refractivity contribution in [2.45, 2.75) is 6.61 Å². The summed E-state index contributed by atoms with van der Waals surface area (Å²) in [5.41, 5.74) is 0.392. The van der Waals surface area contributed by atoms with Crippen molar-refractivity contribution in [2.24, 2.45) is 0 Å². The lowest BCUT2D eigenvalue weighted by Gasteiger charge is -2.04. The van der Waals surface area contributed by atoms with Gasteiger partial charge in [-0.2, -0.15) is 5.10 Å². The van der Waals surface area contributed by atoms with Crippen LogP contribution in [0.4, 0.5) is 8.78 Å². The van der Waals surface area contributed by atoms with Crippen molar-refractivity contribution < 1.29 is 13.9 Å². The van der Waals surface area contributed by atoms with E-state index in [9.17, 15) is 8.78 Å². The van der Waals surface area contributed by atoms with Gasteiger partial charge in [-0.3, -0.25) is 0 Å². The van der Waals surface area contributed by atoms with Crippen LogP contribution in [0.15, 0.2) is 28.9 Å². The molecule has 6 heteroatoms. The summed E-state index contributed by atoms with van der Waals surface area (Å²) >= 11 is 2.89.